The summed E-state index contributed by atoms with van der Waals surface area (Å²) in [7, 11) is 0. The van der Waals surface area contributed by atoms with Crippen LogP contribution in [0, 0.1) is 12.8 Å². The van der Waals surface area contributed by atoms with E-state index in [1.165, 1.54) is 16.7 Å². The van der Waals surface area contributed by atoms with Crippen LogP contribution in [0.3, 0.4) is 0 Å². The number of esters is 1. The topological polar surface area (TPSA) is 115 Å². The normalized spacial score (nSPS) is 19.1. The number of hydrogen-bond donors (Lipinski definition) is 1. The second kappa shape index (κ2) is 11.7. The van der Waals surface area contributed by atoms with Gasteiger partial charge < -0.3 is 10.1 Å². The monoisotopic (exact) mass is 613 g/mol. The van der Waals surface area contributed by atoms with Crippen molar-refractivity contribution in [2.75, 3.05) is 16.8 Å². The fourth-order valence-electron chi connectivity index (χ4n) is 5.47. The van der Waals surface area contributed by atoms with E-state index in [0.717, 1.165) is 39.1 Å². The Morgan fingerprint density at radius 3 is 2.28 bits per heavy atom. The molecule has 11 heteroatoms. The first-order valence-corrected chi connectivity index (χ1v) is 15.4. The maximum atomic E-state index is 14.0. The fraction of sp³-hybridized carbons (Fsp3) is 0.219. The highest BCUT2D eigenvalue weighted by Crippen LogP contribution is 2.53. The van der Waals surface area contributed by atoms with Crippen LogP contribution in [-0.4, -0.2) is 40.1 Å². The van der Waals surface area contributed by atoms with E-state index in [9.17, 15) is 24.0 Å². The van der Waals surface area contributed by atoms with Crippen LogP contribution in [0.5, 0.6) is 0 Å². The molecule has 2 aliphatic heterocycles. The van der Waals surface area contributed by atoms with Crippen molar-refractivity contribution in [1.29, 1.82) is 0 Å². The molecule has 0 radical (unpaired) electrons. The molecule has 1 fully saturated rings. The number of rotatable bonds is 7. The van der Waals surface area contributed by atoms with Gasteiger partial charge in [0.25, 0.3) is 0 Å². The molecule has 43 heavy (non-hydrogen) atoms. The number of anilines is 2. The zero-order valence-electron chi connectivity index (χ0n) is 23.3. The largest absolute Gasteiger partial charge is 0.462 e. The van der Waals surface area contributed by atoms with Gasteiger partial charge in [-0.3, -0.25) is 23.7 Å². The molecule has 1 saturated heterocycles. The van der Waals surface area contributed by atoms with E-state index in [0.29, 0.717) is 26.8 Å². The third-order valence-electron chi connectivity index (χ3n) is 7.48. The minimum Gasteiger partial charge on any atom is -0.462 e. The molecule has 3 amide bonds. The highest BCUT2D eigenvalue weighted by Gasteiger charge is 2.56. The third kappa shape index (κ3) is 5.30. The lowest BCUT2D eigenvalue weighted by atomic mass is 9.83. The van der Waals surface area contributed by atoms with Crippen LogP contribution in [0.4, 0.5) is 11.4 Å². The van der Waals surface area contributed by atoms with Crippen molar-refractivity contribution in [3.05, 3.63) is 110 Å². The van der Waals surface area contributed by atoms with Gasteiger partial charge in [-0.25, -0.2) is 9.69 Å². The van der Waals surface area contributed by atoms with Gasteiger partial charge in [0.05, 0.1) is 28.8 Å². The molecule has 1 aromatic heterocycles. The van der Waals surface area contributed by atoms with Crippen molar-refractivity contribution in [1.82, 2.24) is 4.57 Å². The molecule has 2 aliphatic rings. The number of imide groups is 1. The van der Waals surface area contributed by atoms with Crippen molar-refractivity contribution in [2.24, 2.45) is 5.92 Å². The molecule has 3 atom stereocenters. The van der Waals surface area contributed by atoms with Gasteiger partial charge in [-0.1, -0.05) is 71.1 Å². The molecule has 0 aliphatic carbocycles. The Labute approximate surface area is 255 Å². The summed E-state index contributed by atoms with van der Waals surface area (Å²) in [5.41, 5.74) is 3.14. The number of benzene rings is 3. The summed E-state index contributed by atoms with van der Waals surface area (Å²) in [4.78, 5) is 67.8. The van der Waals surface area contributed by atoms with Crippen LogP contribution in [-0.2, 0) is 25.7 Å². The van der Waals surface area contributed by atoms with E-state index in [4.69, 9.17) is 4.74 Å². The molecule has 6 rings (SSSR count). The number of carbonyl (C=O) groups excluding carboxylic acids is 4. The molecule has 3 aromatic carbocycles. The highest BCUT2D eigenvalue weighted by molar-refractivity contribution is 8.00. The Balaban J connectivity index is 1.35. The minimum atomic E-state index is -0.810. The first kappa shape index (κ1) is 28.6. The standard InChI is InChI=1S/C32H27N3O6S2/c1-3-41-31(39)20-11-15-22(16-12-20)35-28(37)25-24(19-7-5-4-6-8-19)27-30(42-26(25)29(35)38)34(32(40)43-27)17-23(36)33-21-13-9-18(2)10-14-21/h4-16,24-26H,3,17H2,1-2H3,(H,33,36)/t24-,25?,26?/m1/s1. The van der Waals surface area contributed by atoms with E-state index >= 15 is 0 Å². The second-order valence-corrected chi connectivity index (χ2v) is 12.4. The summed E-state index contributed by atoms with van der Waals surface area (Å²) < 4.78 is 6.44. The Morgan fingerprint density at radius 2 is 1.60 bits per heavy atom. The van der Waals surface area contributed by atoms with Crippen molar-refractivity contribution in [3.8, 4) is 0 Å². The van der Waals surface area contributed by atoms with Crippen molar-refractivity contribution < 1.29 is 23.9 Å². The SMILES string of the molecule is CCOC(=O)c1ccc(N2C(=O)C3Sc4c(sc(=O)n4CC(=O)Nc4ccc(C)cc4)[C@H](c4ccccc4)C3C2=O)cc1. The van der Waals surface area contributed by atoms with E-state index < -0.39 is 29.0 Å². The Hall–Kier alpha value is -4.48. The lowest BCUT2D eigenvalue weighted by Crippen LogP contribution is -2.33. The smallest absolute Gasteiger partial charge is 0.338 e. The lowest BCUT2D eigenvalue weighted by Gasteiger charge is -2.30. The lowest BCUT2D eigenvalue weighted by molar-refractivity contribution is -0.122. The molecular formula is C32H27N3O6S2. The molecular weight excluding hydrogens is 587 g/mol. The van der Waals surface area contributed by atoms with Crippen LogP contribution >= 0.6 is 23.1 Å². The Bertz CT molecular complexity index is 1780. The zero-order valence-corrected chi connectivity index (χ0v) is 24.9. The molecule has 2 unspecified atom stereocenters. The zero-order chi connectivity index (χ0) is 30.2. The fourth-order valence-corrected chi connectivity index (χ4v) is 8.24. The first-order valence-electron chi connectivity index (χ1n) is 13.7. The number of amides is 3. The average Bonchev–Trinajstić information content (AvgIpc) is 3.45. The van der Waals surface area contributed by atoms with E-state index in [2.05, 4.69) is 5.32 Å². The van der Waals surface area contributed by atoms with Gasteiger partial charge in [-0.2, -0.15) is 0 Å². The van der Waals surface area contributed by atoms with Crippen LogP contribution < -0.4 is 15.1 Å². The summed E-state index contributed by atoms with van der Waals surface area (Å²) in [5.74, 6) is -2.97. The van der Waals surface area contributed by atoms with Gasteiger partial charge in [0.15, 0.2) is 0 Å². The number of ether oxygens (including phenoxy) is 1. The number of thiazole rings is 1. The highest BCUT2D eigenvalue weighted by atomic mass is 32.2. The van der Waals surface area contributed by atoms with E-state index in [-0.39, 0.29) is 29.8 Å². The number of aromatic nitrogens is 1. The second-order valence-electron chi connectivity index (χ2n) is 10.3. The molecule has 9 nitrogen and oxygen atoms in total. The summed E-state index contributed by atoms with van der Waals surface area (Å²) in [6, 6.07) is 22.9. The summed E-state index contributed by atoms with van der Waals surface area (Å²) >= 11 is 2.16. The summed E-state index contributed by atoms with van der Waals surface area (Å²) in [5, 5.41) is 2.54. The van der Waals surface area contributed by atoms with Crippen molar-refractivity contribution in [3.63, 3.8) is 0 Å². The Morgan fingerprint density at radius 1 is 0.907 bits per heavy atom. The van der Waals surface area contributed by atoms with E-state index in [1.54, 1.807) is 31.2 Å². The van der Waals surface area contributed by atoms with Gasteiger partial charge in [0.1, 0.15) is 11.8 Å². The molecule has 1 N–H and O–H groups in total. The number of hydrogen-bond acceptors (Lipinski definition) is 8. The predicted molar refractivity (Wildman–Crippen MR) is 165 cm³/mol. The molecule has 0 bridgehead atoms. The maximum absolute atomic E-state index is 14.0. The van der Waals surface area contributed by atoms with Crippen LogP contribution in [0.25, 0.3) is 0 Å². The van der Waals surface area contributed by atoms with Gasteiger partial charge in [-0.15, -0.1) is 0 Å². The van der Waals surface area contributed by atoms with Crippen LogP contribution in [0.2, 0.25) is 0 Å². The van der Waals surface area contributed by atoms with Gasteiger partial charge in [-0.05, 0) is 55.8 Å². The first-order chi connectivity index (χ1) is 20.8. The van der Waals surface area contributed by atoms with Crippen LogP contribution in [0.1, 0.15) is 39.2 Å². The van der Waals surface area contributed by atoms with Crippen molar-refractivity contribution in [2.45, 2.75) is 36.6 Å². The predicted octanol–water partition coefficient (Wildman–Crippen LogP) is 4.83. The summed E-state index contributed by atoms with van der Waals surface area (Å²) in [6.45, 7) is 3.66. The minimum absolute atomic E-state index is 0.230. The quantitative estimate of drug-likeness (QED) is 0.235. The van der Waals surface area contributed by atoms with Gasteiger partial charge in [0, 0.05) is 16.5 Å². The molecule has 218 valence electrons. The average molecular weight is 614 g/mol. The molecule has 0 saturated carbocycles. The third-order valence-corrected chi connectivity index (χ3v) is 10.1. The van der Waals surface area contributed by atoms with Gasteiger partial charge >= 0.3 is 10.8 Å². The van der Waals surface area contributed by atoms with Crippen LogP contribution in [0.15, 0.2) is 88.7 Å². The van der Waals surface area contributed by atoms with Crippen molar-refractivity contribution >= 4 is 58.2 Å². The van der Waals surface area contributed by atoms with Gasteiger partial charge in [0.2, 0.25) is 17.7 Å². The molecule has 0 spiro atoms. The van der Waals surface area contributed by atoms with E-state index in [1.807, 2.05) is 49.4 Å². The molecule has 4 aromatic rings. The summed E-state index contributed by atoms with van der Waals surface area (Å²) in [6.07, 6.45) is 0. The number of thioether (sulfide) groups is 1. The number of nitrogens with one attached hydrogen (secondary N) is 1. The number of aryl methyl sites for hydroxylation is 1. The number of nitrogens with zero attached hydrogens (tertiary/aromatic N) is 2. The number of carbonyl (C=O) groups is 4. The number of fused-ring (bicyclic) bond motifs is 2. The maximum Gasteiger partial charge on any atom is 0.338 e. The Kier molecular flexibility index (Phi) is 7.76. The molecule has 3 heterocycles.